The lowest BCUT2D eigenvalue weighted by molar-refractivity contribution is -0.143. The number of nitrogen functional groups attached to an aromatic ring is 1. The average molecular weight is 402 g/mol. The number of halogens is 4. The Hall–Kier alpha value is -2.49. The molecule has 0 bridgehead atoms. The highest BCUT2D eigenvalue weighted by Crippen LogP contribution is 2.58. The molecule has 2 unspecified atom stereocenters. The number of hydrogen-bond acceptors (Lipinski definition) is 4. The number of carbonyl (C=O) groups is 1. The number of pyridine rings is 1. The van der Waals surface area contributed by atoms with Crippen molar-refractivity contribution in [1.29, 1.82) is 0 Å². The number of alkyl halides is 3. The van der Waals surface area contributed by atoms with Gasteiger partial charge in [-0.05, 0) is 24.0 Å². The van der Waals surface area contributed by atoms with Gasteiger partial charge in [0.25, 0.3) is 0 Å². The van der Waals surface area contributed by atoms with Crippen LogP contribution in [0.2, 0.25) is 5.02 Å². The van der Waals surface area contributed by atoms with Crippen LogP contribution in [0.4, 0.5) is 23.8 Å². The predicted octanol–water partition coefficient (Wildman–Crippen LogP) is 3.07. The van der Waals surface area contributed by atoms with E-state index < -0.39 is 18.8 Å². The van der Waals surface area contributed by atoms with Gasteiger partial charge in [0, 0.05) is 36.5 Å². The second-order valence-corrected chi connectivity index (χ2v) is 7.27. The van der Waals surface area contributed by atoms with Gasteiger partial charge in [-0.2, -0.15) is 18.3 Å². The van der Waals surface area contributed by atoms with Gasteiger partial charge in [0.05, 0.1) is 10.7 Å². The average Bonchev–Trinajstić information content (AvgIpc) is 2.93. The van der Waals surface area contributed by atoms with Crippen molar-refractivity contribution in [1.82, 2.24) is 19.7 Å². The summed E-state index contributed by atoms with van der Waals surface area (Å²) in [6, 6.07) is 3.11. The monoisotopic (exact) mass is 401 g/mol. The maximum atomic E-state index is 13.0. The maximum absolute atomic E-state index is 13.0. The zero-order chi connectivity index (χ0) is 19.5. The lowest BCUT2D eigenvalue weighted by atomic mass is 10.1. The quantitative estimate of drug-likeness (QED) is 0.823. The molecule has 7 nitrogen and oxygen atoms in total. The molecular formula is C16H15ClF3N5O2. The number of fused-ring (bicyclic) bond motifs is 1. The van der Waals surface area contributed by atoms with E-state index in [0.29, 0.717) is 30.0 Å². The van der Waals surface area contributed by atoms with Crippen molar-refractivity contribution in [2.45, 2.75) is 18.6 Å². The van der Waals surface area contributed by atoms with E-state index in [1.807, 2.05) is 0 Å². The van der Waals surface area contributed by atoms with Crippen LogP contribution < -0.4 is 5.73 Å². The van der Waals surface area contributed by atoms with Gasteiger partial charge in [-0.15, -0.1) is 0 Å². The van der Waals surface area contributed by atoms with Crippen molar-refractivity contribution in [2.75, 3.05) is 18.8 Å². The highest BCUT2D eigenvalue weighted by atomic mass is 35.5. The lowest BCUT2D eigenvalue weighted by Crippen LogP contribution is -2.30. The molecule has 2 aromatic heterocycles. The Morgan fingerprint density at radius 1 is 1.33 bits per heavy atom. The van der Waals surface area contributed by atoms with Crippen molar-refractivity contribution >= 4 is 23.5 Å². The second kappa shape index (κ2) is 6.01. The largest absolute Gasteiger partial charge is 0.465 e. The fourth-order valence-corrected chi connectivity index (χ4v) is 4.01. The van der Waals surface area contributed by atoms with E-state index in [9.17, 15) is 18.0 Å². The summed E-state index contributed by atoms with van der Waals surface area (Å²) in [5.74, 6) is 0.0267. The molecule has 2 aliphatic rings. The highest BCUT2D eigenvalue weighted by Gasteiger charge is 2.58. The van der Waals surface area contributed by atoms with Crippen LogP contribution >= 0.6 is 11.6 Å². The third kappa shape index (κ3) is 3.29. The molecule has 3 N–H and O–H groups in total. The van der Waals surface area contributed by atoms with E-state index >= 15 is 0 Å². The maximum Gasteiger partial charge on any atom is 0.408 e. The topological polar surface area (TPSA) is 97.3 Å². The first-order valence-electron chi connectivity index (χ1n) is 8.18. The molecule has 1 aliphatic carbocycles. The molecule has 27 heavy (non-hydrogen) atoms. The SMILES string of the molecule is Nc1ncc(-c2cc(C3C4CN(C(=O)O)CC43)n(CC(F)(F)F)n2)cc1Cl. The molecule has 1 saturated carbocycles. The van der Waals surface area contributed by atoms with Gasteiger partial charge in [0.15, 0.2) is 0 Å². The minimum atomic E-state index is -4.42. The standard InChI is InChI=1S/C16H15ClF3N5O2/c17-10-1-7(3-22-14(10)21)11-2-12(25(23-11)6-16(18,19)20)13-8-4-24(15(26)27)5-9(8)13/h1-3,8-9,13H,4-6H2,(H2,21,22)(H,26,27). The number of nitrogens with two attached hydrogens (primary N) is 1. The van der Waals surface area contributed by atoms with Crippen LogP contribution in [0, 0.1) is 11.8 Å². The number of anilines is 1. The minimum Gasteiger partial charge on any atom is -0.465 e. The van der Waals surface area contributed by atoms with Gasteiger partial charge < -0.3 is 15.7 Å². The summed E-state index contributed by atoms with van der Waals surface area (Å²) < 4.78 is 39.9. The zero-order valence-corrected chi connectivity index (χ0v) is 14.6. The van der Waals surface area contributed by atoms with E-state index in [4.69, 9.17) is 22.4 Å². The molecule has 11 heteroatoms. The van der Waals surface area contributed by atoms with Crippen molar-refractivity contribution in [3.8, 4) is 11.3 Å². The van der Waals surface area contributed by atoms with Crippen molar-refractivity contribution in [2.24, 2.45) is 11.8 Å². The van der Waals surface area contributed by atoms with E-state index in [2.05, 4.69) is 10.1 Å². The Balaban J connectivity index is 1.66. The summed E-state index contributed by atoms with van der Waals surface area (Å²) in [7, 11) is 0. The van der Waals surface area contributed by atoms with E-state index in [1.165, 1.54) is 17.2 Å². The summed E-state index contributed by atoms with van der Waals surface area (Å²) in [4.78, 5) is 16.3. The molecule has 2 atom stereocenters. The first kappa shape index (κ1) is 17.9. The number of piperidine rings is 1. The number of hydrogen-bond donors (Lipinski definition) is 2. The third-order valence-corrected chi connectivity index (χ3v) is 5.41. The predicted molar refractivity (Wildman–Crippen MR) is 90.3 cm³/mol. The molecule has 1 saturated heterocycles. The van der Waals surface area contributed by atoms with Crippen LogP contribution in [0.25, 0.3) is 11.3 Å². The van der Waals surface area contributed by atoms with Crippen LogP contribution in [-0.4, -0.2) is 50.1 Å². The minimum absolute atomic E-state index is 0.0192. The van der Waals surface area contributed by atoms with Gasteiger partial charge in [0.2, 0.25) is 0 Å². The Labute approximate surface area is 156 Å². The van der Waals surface area contributed by atoms with Gasteiger partial charge in [-0.25, -0.2) is 9.78 Å². The van der Waals surface area contributed by atoms with E-state index in [1.54, 1.807) is 6.07 Å². The van der Waals surface area contributed by atoms with Gasteiger partial charge in [-0.3, -0.25) is 4.68 Å². The fraction of sp³-hybridized carbons (Fsp3) is 0.438. The number of nitrogens with zero attached hydrogens (tertiary/aromatic N) is 4. The summed E-state index contributed by atoms with van der Waals surface area (Å²) in [5.41, 5.74) is 6.82. The van der Waals surface area contributed by atoms with Crippen LogP contribution in [0.15, 0.2) is 18.3 Å². The molecule has 1 aliphatic heterocycles. The molecule has 2 aromatic rings. The van der Waals surface area contributed by atoms with Gasteiger partial charge in [-0.1, -0.05) is 11.6 Å². The lowest BCUT2D eigenvalue weighted by Gasteiger charge is -2.16. The Bertz CT molecular complexity index is 904. The Kier molecular flexibility index (Phi) is 3.99. The molecule has 1 amide bonds. The van der Waals surface area contributed by atoms with Crippen LogP contribution in [0.3, 0.4) is 0 Å². The zero-order valence-electron chi connectivity index (χ0n) is 13.8. The first-order chi connectivity index (χ1) is 12.6. The van der Waals surface area contributed by atoms with Crippen molar-refractivity contribution in [3.63, 3.8) is 0 Å². The Morgan fingerprint density at radius 3 is 2.56 bits per heavy atom. The molecule has 0 spiro atoms. The molecule has 0 radical (unpaired) electrons. The summed E-state index contributed by atoms with van der Waals surface area (Å²) in [6.07, 6.45) is -4.02. The van der Waals surface area contributed by atoms with Crippen LogP contribution in [0.5, 0.6) is 0 Å². The van der Waals surface area contributed by atoms with Crippen molar-refractivity contribution in [3.05, 3.63) is 29.0 Å². The number of amides is 1. The van der Waals surface area contributed by atoms with Gasteiger partial charge >= 0.3 is 12.3 Å². The number of likely N-dealkylation sites (tertiary alicyclic amines) is 1. The normalized spacial score (nSPS) is 24.1. The second-order valence-electron chi connectivity index (χ2n) is 6.86. The number of aromatic nitrogens is 3. The molecule has 4 rings (SSSR count). The smallest absolute Gasteiger partial charge is 0.408 e. The Morgan fingerprint density at radius 2 is 2.00 bits per heavy atom. The molecular weight excluding hydrogens is 387 g/mol. The number of rotatable bonds is 3. The summed E-state index contributed by atoms with van der Waals surface area (Å²) in [5, 5.41) is 13.3. The first-order valence-corrected chi connectivity index (χ1v) is 8.55. The molecule has 144 valence electrons. The van der Waals surface area contributed by atoms with Crippen LogP contribution in [-0.2, 0) is 6.54 Å². The van der Waals surface area contributed by atoms with Gasteiger partial charge in [0.1, 0.15) is 12.4 Å². The third-order valence-electron chi connectivity index (χ3n) is 5.11. The van der Waals surface area contributed by atoms with Crippen molar-refractivity contribution < 1.29 is 23.1 Å². The number of carboxylic acid groups (broad SMARTS) is 1. The summed E-state index contributed by atoms with van der Waals surface area (Å²) >= 11 is 5.95. The summed E-state index contributed by atoms with van der Waals surface area (Å²) in [6.45, 7) is -0.560. The van der Waals surface area contributed by atoms with E-state index in [-0.39, 0.29) is 28.6 Å². The van der Waals surface area contributed by atoms with E-state index in [0.717, 1.165) is 4.68 Å². The molecule has 0 aromatic carbocycles. The van der Waals surface area contributed by atoms with Crippen LogP contribution in [0.1, 0.15) is 11.6 Å². The molecule has 2 fully saturated rings. The highest BCUT2D eigenvalue weighted by molar-refractivity contribution is 6.33. The molecule has 3 heterocycles. The fourth-order valence-electron chi connectivity index (χ4n) is 3.85.